The summed E-state index contributed by atoms with van der Waals surface area (Å²) >= 11 is 0. The van der Waals surface area contributed by atoms with E-state index in [1.165, 1.54) is 11.1 Å². The maximum Gasteiger partial charge on any atom is 0.0543 e. The van der Waals surface area contributed by atoms with E-state index < -0.39 is 0 Å². The van der Waals surface area contributed by atoms with Gasteiger partial charge in [0.15, 0.2) is 0 Å². The first-order valence-electron chi connectivity index (χ1n) is 7.02. The highest BCUT2D eigenvalue weighted by atomic mass is 15.3. The van der Waals surface area contributed by atoms with Gasteiger partial charge in [0.05, 0.1) is 11.7 Å². The van der Waals surface area contributed by atoms with Crippen molar-refractivity contribution in [2.24, 2.45) is 0 Å². The van der Waals surface area contributed by atoms with Gasteiger partial charge >= 0.3 is 0 Å². The molecule has 2 heterocycles. The minimum atomic E-state index is 0.0353. The van der Waals surface area contributed by atoms with Crippen LogP contribution in [0.3, 0.4) is 0 Å². The van der Waals surface area contributed by atoms with Crippen molar-refractivity contribution in [2.75, 3.05) is 7.05 Å². The van der Waals surface area contributed by atoms with E-state index in [1.54, 1.807) is 0 Å². The number of nitrogens with zero attached hydrogens (tertiary/aromatic N) is 4. The summed E-state index contributed by atoms with van der Waals surface area (Å²) in [6.07, 6.45) is 7.78. The Morgan fingerprint density at radius 2 is 1.90 bits per heavy atom. The van der Waals surface area contributed by atoms with Gasteiger partial charge in [0.2, 0.25) is 0 Å². The first-order valence-corrected chi connectivity index (χ1v) is 7.02. The molecular formula is C16H24N4. The maximum absolute atomic E-state index is 4.45. The third-order valence-electron chi connectivity index (χ3n) is 3.61. The van der Waals surface area contributed by atoms with E-state index in [9.17, 15) is 0 Å². The fourth-order valence-electron chi connectivity index (χ4n) is 2.13. The summed E-state index contributed by atoms with van der Waals surface area (Å²) in [6.45, 7) is 9.58. The molecule has 0 saturated carbocycles. The van der Waals surface area contributed by atoms with Crippen molar-refractivity contribution in [1.29, 1.82) is 0 Å². The zero-order valence-electron chi connectivity index (χ0n) is 13.0. The molecule has 2 aromatic heterocycles. The molecular weight excluding hydrogens is 248 g/mol. The van der Waals surface area contributed by atoms with Gasteiger partial charge in [-0.2, -0.15) is 5.10 Å². The van der Waals surface area contributed by atoms with Gasteiger partial charge < -0.3 is 0 Å². The van der Waals surface area contributed by atoms with Gasteiger partial charge in [-0.3, -0.25) is 14.6 Å². The van der Waals surface area contributed by atoms with Crippen LogP contribution in [0.4, 0.5) is 0 Å². The Bertz CT molecular complexity index is 539. The molecule has 0 unspecified atom stereocenters. The predicted octanol–water partition coefficient (Wildman–Crippen LogP) is 3.23. The van der Waals surface area contributed by atoms with Crippen LogP contribution in [0.5, 0.6) is 0 Å². The highest BCUT2D eigenvalue weighted by Crippen LogP contribution is 2.20. The second kappa shape index (κ2) is 5.75. The van der Waals surface area contributed by atoms with Crippen molar-refractivity contribution in [3.8, 4) is 0 Å². The summed E-state index contributed by atoms with van der Waals surface area (Å²) in [5, 5.41) is 4.45. The summed E-state index contributed by atoms with van der Waals surface area (Å²) in [5.41, 5.74) is 2.56. The summed E-state index contributed by atoms with van der Waals surface area (Å²) in [5.74, 6) is 0. The molecule has 4 heteroatoms. The lowest BCUT2D eigenvalue weighted by molar-refractivity contribution is 0.252. The minimum Gasteiger partial charge on any atom is -0.295 e. The third kappa shape index (κ3) is 3.45. The smallest absolute Gasteiger partial charge is 0.0543 e. The molecule has 0 bridgehead atoms. The molecule has 108 valence electrons. The van der Waals surface area contributed by atoms with Crippen molar-refractivity contribution in [2.45, 2.75) is 45.8 Å². The Hall–Kier alpha value is -1.68. The van der Waals surface area contributed by atoms with Crippen molar-refractivity contribution in [1.82, 2.24) is 19.7 Å². The highest BCUT2D eigenvalue weighted by molar-refractivity contribution is 5.15. The lowest BCUT2D eigenvalue weighted by atomic mass is 10.1. The Labute approximate surface area is 121 Å². The van der Waals surface area contributed by atoms with Crippen LogP contribution in [0, 0.1) is 0 Å². The Morgan fingerprint density at radius 1 is 1.25 bits per heavy atom. The second-order valence-corrected chi connectivity index (χ2v) is 6.34. The minimum absolute atomic E-state index is 0.0353. The molecule has 0 amide bonds. The van der Waals surface area contributed by atoms with Crippen molar-refractivity contribution < 1.29 is 0 Å². The topological polar surface area (TPSA) is 34.0 Å². The van der Waals surface area contributed by atoms with E-state index in [0.717, 1.165) is 6.54 Å². The molecule has 0 aliphatic rings. The van der Waals surface area contributed by atoms with Crippen molar-refractivity contribution >= 4 is 0 Å². The molecule has 0 spiro atoms. The third-order valence-corrected chi connectivity index (χ3v) is 3.61. The summed E-state index contributed by atoms with van der Waals surface area (Å²) in [7, 11) is 2.14. The van der Waals surface area contributed by atoms with Gasteiger partial charge in [0, 0.05) is 36.7 Å². The van der Waals surface area contributed by atoms with Crippen LogP contribution in [0.1, 0.15) is 44.9 Å². The molecule has 1 atom stereocenters. The monoisotopic (exact) mass is 272 g/mol. The molecule has 2 rings (SSSR count). The summed E-state index contributed by atoms with van der Waals surface area (Å²) in [4.78, 5) is 6.39. The SMILES string of the molecule is C[C@H](c1ccncc1)N(C)Cc1cnn(C(C)(C)C)c1. The van der Waals surface area contributed by atoms with Crippen LogP contribution >= 0.6 is 0 Å². The number of hydrogen-bond acceptors (Lipinski definition) is 3. The van der Waals surface area contributed by atoms with E-state index >= 15 is 0 Å². The number of hydrogen-bond donors (Lipinski definition) is 0. The van der Waals surface area contributed by atoms with Gasteiger partial charge in [-0.05, 0) is 52.4 Å². The Morgan fingerprint density at radius 3 is 2.45 bits per heavy atom. The Balaban J connectivity index is 2.04. The molecule has 0 saturated heterocycles. The molecule has 4 nitrogen and oxygen atoms in total. The molecule has 0 aromatic carbocycles. The lowest BCUT2D eigenvalue weighted by Crippen LogP contribution is -2.23. The van der Waals surface area contributed by atoms with Gasteiger partial charge in [-0.15, -0.1) is 0 Å². The van der Waals surface area contributed by atoms with E-state index in [-0.39, 0.29) is 5.54 Å². The highest BCUT2D eigenvalue weighted by Gasteiger charge is 2.16. The normalized spacial score (nSPS) is 13.7. The van der Waals surface area contributed by atoms with E-state index in [4.69, 9.17) is 0 Å². The molecule has 20 heavy (non-hydrogen) atoms. The van der Waals surface area contributed by atoms with Gasteiger partial charge in [-0.1, -0.05) is 0 Å². The molecule has 0 N–H and O–H groups in total. The largest absolute Gasteiger partial charge is 0.295 e. The number of rotatable bonds is 4. The molecule has 0 fully saturated rings. The summed E-state index contributed by atoms with van der Waals surface area (Å²) in [6, 6.07) is 4.50. The fraction of sp³-hybridized carbons (Fsp3) is 0.500. The van der Waals surface area contributed by atoms with Crippen LogP contribution < -0.4 is 0 Å². The van der Waals surface area contributed by atoms with Gasteiger partial charge in [-0.25, -0.2) is 0 Å². The first kappa shape index (κ1) is 14.7. The molecule has 0 aliphatic heterocycles. The van der Waals surface area contributed by atoms with E-state index in [1.807, 2.05) is 23.3 Å². The fourth-order valence-corrected chi connectivity index (χ4v) is 2.13. The zero-order chi connectivity index (χ0) is 14.8. The quantitative estimate of drug-likeness (QED) is 0.857. The average Bonchev–Trinajstić information content (AvgIpc) is 2.87. The van der Waals surface area contributed by atoms with E-state index in [2.05, 4.69) is 68.1 Å². The Kier molecular flexibility index (Phi) is 4.23. The standard InChI is InChI=1S/C16H24N4/c1-13(15-6-8-17-9-7-15)19(5)11-14-10-18-20(12-14)16(2,3)4/h6-10,12-13H,11H2,1-5H3/t13-/m1/s1. The van der Waals surface area contributed by atoms with Crippen LogP contribution in [0.25, 0.3) is 0 Å². The lowest BCUT2D eigenvalue weighted by Gasteiger charge is -2.24. The van der Waals surface area contributed by atoms with Crippen molar-refractivity contribution in [3.05, 3.63) is 48.0 Å². The zero-order valence-corrected chi connectivity index (χ0v) is 13.0. The average molecular weight is 272 g/mol. The van der Waals surface area contributed by atoms with Gasteiger partial charge in [0.1, 0.15) is 0 Å². The van der Waals surface area contributed by atoms with Crippen molar-refractivity contribution in [3.63, 3.8) is 0 Å². The molecule has 0 aliphatic carbocycles. The molecule has 2 aromatic rings. The summed E-state index contributed by atoms with van der Waals surface area (Å²) < 4.78 is 2.02. The van der Waals surface area contributed by atoms with Crippen LogP contribution in [0.2, 0.25) is 0 Å². The number of aromatic nitrogens is 3. The predicted molar refractivity (Wildman–Crippen MR) is 81.3 cm³/mol. The van der Waals surface area contributed by atoms with Crippen LogP contribution in [0.15, 0.2) is 36.9 Å². The van der Waals surface area contributed by atoms with E-state index in [0.29, 0.717) is 6.04 Å². The first-order chi connectivity index (χ1) is 9.38. The maximum atomic E-state index is 4.45. The second-order valence-electron chi connectivity index (χ2n) is 6.34. The van der Waals surface area contributed by atoms with Gasteiger partial charge in [0.25, 0.3) is 0 Å². The van der Waals surface area contributed by atoms with Crippen LogP contribution in [-0.2, 0) is 12.1 Å². The number of pyridine rings is 1. The molecule has 0 radical (unpaired) electrons. The van der Waals surface area contributed by atoms with Crippen LogP contribution in [-0.4, -0.2) is 26.7 Å².